The van der Waals surface area contributed by atoms with Gasteiger partial charge in [-0.1, -0.05) is 144 Å². The summed E-state index contributed by atoms with van der Waals surface area (Å²) in [6.07, 6.45) is 8.48. The zero-order valence-corrected chi connectivity index (χ0v) is 34.7. The smallest absolute Gasteiger partial charge is 1.00 e. The van der Waals surface area contributed by atoms with E-state index in [9.17, 15) is 0 Å². The van der Waals surface area contributed by atoms with Crippen LogP contribution in [0.4, 0.5) is 0 Å². The van der Waals surface area contributed by atoms with Crippen LogP contribution in [0.1, 0.15) is 45.0 Å². The largest absolute Gasteiger partial charge is 3.00 e. The maximum Gasteiger partial charge on any atom is 3.00 e. The normalized spacial score (nSPS) is 11.6. The molecule has 0 aliphatic carbocycles. The Hall–Kier alpha value is -5.36. The van der Waals surface area contributed by atoms with Crippen molar-refractivity contribution in [1.82, 2.24) is 19.9 Å². The SMILES string of the molecule is Cc1ccc(-c2c3nc(c(-c4ccc(C)cc4)c4ccc([n-]4)c(-c4ccc(C)cc4)c4nc(c(-c5ccc(C)cc5)c5ccc2[n-]5)C=C4)C=C3)cc1.[Cl-].[In+3]. The second-order valence-corrected chi connectivity index (χ2v) is 13.8. The van der Waals surface area contributed by atoms with Crippen LogP contribution < -0.4 is 22.4 Å². The van der Waals surface area contributed by atoms with Crippen LogP contribution in [0.3, 0.4) is 0 Å². The molecule has 0 atom stereocenters. The molecule has 0 radical (unpaired) electrons. The van der Waals surface area contributed by atoms with E-state index in [1.54, 1.807) is 0 Å². The Bertz CT molecular complexity index is 2360. The van der Waals surface area contributed by atoms with Crippen molar-refractivity contribution in [2.24, 2.45) is 0 Å². The third kappa shape index (κ3) is 6.90. The third-order valence-electron chi connectivity index (χ3n) is 9.97. The van der Waals surface area contributed by atoms with E-state index >= 15 is 0 Å². The minimum atomic E-state index is 0. The molecule has 3 aromatic heterocycles. The van der Waals surface area contributed by atoms with E-state index in [1.807, 2.05) is 0 Å². The van der Waals surface area contributed by atoms with Crippen LogP contribution in [0.15, 0.2) is 121 Å². The molecule has 0 saturated heterocycles. The van der Waals surface area contributed by atoms with E-state index in [0.717, 1.165) is 89.4 Å². The molecular weight excluding hydrogens is 783 g/mol. The molecule has 0 spiro atoms. The van der Waals surface area contributed by atoms with Crippen molar-refractivity contribution in [3.8, 4) is 44.5 Å². The Morgan fingerprint density at radius 2 is 0.519 bits per heavy atom. The van der Waals surface area contributed by atoms with Gasteiger partial charge in [-0.25, -0.2) is 9.97 Å². The minimum absolute atomic E-state index is 0. The summed E-state index contributed by atoms with van der Waals surface area (Å²) in [6, 6.07) is 43.0. The number of hydrogen-bond donors (Lipinski definition) is 0. The summed E-state index contributed by atoms with van der Waals surface area (Å²) in [4.78, 5) is 21.5. The van der Waals surface area contributed by atoms with Crippen LogP contribution in [0.2, 0.25) is 0 Å². The standard InChI is InChI=1S/C48H36N4.ClH.In/c1-29-5-13-33(14-6-29)45-37-21-23-39(49-37)46(34-15-7-30(2)8-16-34)41-25-27-43(51-41)48(36-19-11-32(4)12-20-36)44-28-26-42(52-44)47(40-24-22-38(45)50-40)35-17-9-31(3)10-18-35;;/h5-28H,1-4H3;1H;/q-2;;+3/p-1. The van der Waals surface area contributed by atoms with Crippen LogP contribution in [0.5, 0.6) is 0 Å². The van der Waals surface area contributed by atoms with Crippen molar-refractivity contribution in [2.75, 3.05) is 0 Å². The molecule has 0 saturated carbocycles. The number of aryl methyl sites for hydroxylation is 4. The van der Waals surface area contributed by atoms with Crippen molar-refractivity contribution in [3.63, 3.8) is 0 Å². The topological polar surface area (TPSA) is 54.0 Å². The molecule has 2 aliphatic rings. The average Bonchev–Trinajstić information content (AvgIpc) is 3.99. The van der Waals surface area contributed by atoms with E-state index in [-0.39, 0.29) is 38.3 Å². The number of rotatable bonds is 4. The predicted molar refractivity (Wildman–Crippen MR) is 223 cm³/mol. The van der Waals surface area contributed by atoms with Gasteiger partial charge >= 0.3 is 25.8 Å². The molecule has 0 amide bonds. The molecule has 8 bridgehead atoms. The summed E-state index contributed by atoms with van der Waals surface area (Å²) >= 11 is 0. The van der Waals surface area contributed by atoms with Crippen molar-refractivity contribution in [2.45, 2.75) is 27.7 Å². The first kappa shape index (κ1) is 37.0. The Morgan fingerprint density at radius 1 is 0.315 bits per heavy atom. The van der Waals surface area contributed by atoms with Gasteiger partial charge in [0.2, 0.25) is 0 Å². The van der Waals surface area contributed by atoms with Gasteiger partial charge in [0, 0.05) is 0 Å². The molecule has 5 heterocycles. The summed E-state index contributed by atoms with van der Waals surface area (Å²) in [5.74, 6) is 0. The van der Waals surface area contributed by atoms with Crippen molar-refractivity contribution in [1.29, 1.82) is 0 Å². The van der Waals surface area contributed by atoms with Crippen LogP contribution in [0.25, 0.3) is 90.9 Å². The molecule has 4 aromatic carbocycles. The maximum absolute atomic E-state index is 5.37. The average molecular weight is 819 g/mol. The molecule has 0 N–H and O–H groups in total. The first-order valence-corrected chi connectivity index (χ1v) is 17.7. The molecular formula is C48H36ClInN4. The van der Waals surface area contributed by atoms with E-state index < -0.39 is 0 Å². The Kier molecular flexibility index (Phi) is 10.4. The van der Waals surface area contributed by atoms with Crippen LogP contribution in [-0.4, -0.2) is 35.8 Å². The molecule has 0 fully saturated rings. The zero-order valence-electron chi connectivity index (χ0n) is 30.6. The summed E-state index contributed by atoms with van der Waals surface area (Å²) in [5, 5.41) is 0. The summed E-state index contributed by atoms with van der Waals surface area (Å²) < 4.78 is 0. The Morgan fingerprint density at radius 3 is 0.722 bits per heavy atom. The van der Waals surface area contributed by atoms with Gasteiger partial charge < -0.3 is 22.4 Å². The molecule has 4 nitrogen and oxygen atoms in total. The third-order valence-corrected chi connectivity index (χ3v) is 9.97. The molecule has 6 heteroatoms. The van der Waals surface area contributed by atoms with Gasteiger partial charge in [-0.2, -0.15) is 0 Å². The summed E-state index contributed by atoms with van der Waals surface area (Å²) in [6.45, 7) is 8.45. The van der Waals surface area contributed by atoms with Gasteiger partial charge in [0.1, 0.15) is 0 Å². The van der Waals surface area contributed by atoms with E-state index in [2.05, 4.69) is 173 Å². The molecule has 0 unspecified atom stereocenters. The predicted octanol–water partition coefficient (Wildman–Crippen LogP) is 8.44. The quantitative estimate of drug-likeness (QED) is 0.179. The second-order valence-electron chi connectivity index (χ2n) is 13.8. The summed E-state index contributed by atoms with van der Waals surface area (Å²) in [7, 11) is 0. The Balaban J connectivity index is 0.00000225. The van der Waals surface area contributed by atoms with Gasteiger partial charge in [-0.15, -0.1) is 22.1 Å². The fourth-order valence-electron chi connectivity index (χ4n) is 7.15. The van der Waals surface area contributed by atoms with Crippen LogP contribution >= 0.6 is 0 Å². The second kappa shape index (κ2) is 15.2. The number of hydrogen-bond acceptors (Lipinski definition) is 2. The number of aromatic nitrogens is 4. The zero-order chi connectivity index (χ0) is 35.3. The van der Waals surface area contributed by atoms with Crippen LogP contribution in [-0.2, 0) is 0 Å². The molecule has 7 aromatic rings. The van der Waals surface area contributed by atoms with Crippen molar-refractivity contribution >= 4 is 72.2 Å². The maximum atomic E-state index is 5.37. The molecule has 2 aliphatic heterocycles. The van der Waals surface area contributed by atoms with Crippen molar-refractivity contribution in [3.05, 3.63) is 166 Å². The van der Waals surface area contributed by atoms with E-state index in [1.165, 1.54) is 22.3 Å². The van der Waals surface area contributed by atoms with Crippen molar-refractivity contribution < 1.29 is 12.4 Å². The Labute approximate surface area is 341 Å². The summed E-state index contributed by atoms with van der Waals surface area (Å²) in [5.41, 5.74) is 19.9. The fraction of sp³-hybridized carbons (Fsp3) is 0.0833. The molecule has 258 valence electrons. The first-order valence-electron chi connectivity index (χ1n) is 17.7. The van der Waals surface area contributed by atoms with Gasteiger partial charge in [0.25, 0.3) is 0 Å². The monoisotopic (exact) mass is 818 g/mol. The van der Waals surface area contributed by atoms with Gasteiger partial charge in [-0.3, -0.25) is 0 Å². The fourth-order valence-corrected chi connectivity index (χ4v) is 7.15. The van der Waals surface area contributed by atoms with Gasteiger partial charge in [-0.05, 0) is 96.5 Å². The number of nitrogens with zero attached hydrogens (tertiary/aromatic N) is 4. The van der Waals surface area contributed by atoms with Gasteiger partial charge in [0.05, 0.1) is 22.8 Å². The molecule has 54 heavy (non-hydrogen) atoms. The first-order chi connectivity index (χ1) is 25.4. The van der Waals surface area contributed by atoms with E-state index in [0.29, 0.717) is 0 Å². The van der Waals surface area contributed by atoms with E-state index in [4.69, 9.17) is 19.9 Å². The molecule has 9 rings (SSSR count). The minimum Gasteiger partial charge on any atom is -1.00 e. The number of fused-ring (bicyclic) bond motifs is 8. The number of halogens is 1. The number of benzene rings is 4. The van der Waals surface area contributed by atoms with Gasteiger partial charge in [0.15, 0.2) is 0 Å². The van der Waals surface area contributed by atoms with Crippen LogP contribution in [0, 0.1) is 27.7 Å².